The van der Waals surface area contributed by atoms with Gasteiger partial charge in [-0.25, -0.2) is 4.90 Å². The van der Waals surface area contributed by atoms with Crippen LogP contribution in [0.5, 0.6) is 11.5 Å². The van der Waals surface area contributed by atoms with Crippen LogP contribution in [0.1, 0.15) is 12.8 Å². The van der Waals surface area contributed by atoms with Crippen LogP contribution in [0.4, 0.5) is 5.69 Å². The summed E-state index contributed by atoms with van der Waals surface area (Å²) in [7, 11) is 0. The van der Waals surface area contributed by atoms with Crippen LogP contribution in [-0.4, -0.2) is 18.6 Å². The Labute approximate surface area is 132 Å². The quantitative estimate of drug-likeness (QED) is 0.589. The minimum atomic E-state index is -0.162. The maximum absolute atomic E-state index is 13.0. The van der Waals surface area contributed by atoms with Gasteiger partial charge in [-0.15, -0.1) is 0 Å². The van der Waals surface area contributed by atoms with E-state index in [0.717, 1.165) is 12.8 Å². The molecule has 1 aromatic carbocycles. The fraction of sp³-hybridized carbons (Fsp3) is 0.444. The smallest absolute Gasteiger partial charge is 0.238 e. The monoisotopic (exact) mass is 309 g/mol. The third-order valence-corrected chi connectivity index (χ3v) is 6.47. The van der Waals surface area contributed by atoms with Gasteiger partial charge in [-0.3, -0.25) is 9.59 Å². The molecule has 5 nitrogen and oxygen atoms in total. The molecule has 3 aliphatic carbocycles. The number of imide groups is 1. The Morgan fingerprint density at radius 3 is 2.26 bits per heavy atom. The third-order valence-electron chi connectivity index (χ3n) is 6.47. The van der Waals surface area contributed by atoms with Gasteiger partial charge in [0.2, 0.25) is 18.6 Å². The molecule has 1 aromatic rings. The van der Waals surface area contributed by atoms with Crippen molar-refractivity contribution in [1.29, 1.82) is 0 Å². The first kappa shape index (κ1) is 12.2. The summed E-state index contributed by atoms with van der Waals surface area (Å²) in [6, 6.07) is 5.27. The van der Waals surface area contributed by atoms with Crippen LogP contribution < -0.4 is 14.4 Å². The summed E-state index contributed by atoms with van der Waals surface area (Å²) in [5, 5.41) is 0. The average Bonchev–Trinajstić information content (AvgIpc) is 2.83. The molecule has 116 valence electrons. The molecule has 23 heavy (non-hydrogen) atoms. The van der Waals surface area contributed by atoms with Crippen molar-refractivity contribution in [2.45, 2.75) is 12.8 Å². The molecule has 2 saturated carbocycles. The Kier molecular flexibility index (Phi) is 1.91. The van der Waals surface area contributed by atoms with Crippen LogP contribution in [-0.2, 0) is 9.59 Å². The predicted octanol–water partition coefficient (Wildman–Crippen LogP) is 2.12. The lowest BCUT2D eigenvalue weighted by atomic mass is 9.85. The SMILES string of the molecule is O=C1[C@@H]2[C@H](C(=O)N1c1ccc3c(c1)OCO3)[C@@H]1C=C[C@@H]2C12CC2. The number of anilines is 1. The second-order valence-electron chi connectivity index (χ2n) is 7.27. The van der Waals surface area contributed by atoms with Gasteiger partial charge >= 0.3 is 0 Å². The van der Waals surface area contributed by atoms with Crippen LogP contribution in [0.3, 0.4) is 0 Å². The van der Waals surface area contributed by atoms with Crippen LogP contribution in [0.15, 0.2) is 30.4 Å². The molecule has 4 atom stereocenters. The first-order valence-corrected chi connectivity index (χ1v) is 8.16. The summed E-state index contributed by atoms with van der Waals surface area (Å²) >= 11 is 0. The number of fused-ring (bicyclic) bond motifs is 4. The van der Waals surface area contributed by atoms with E-state index in [1.54, 1.807) is 18.2 Å². The molecule has 2 bridgehead atoms. The Balaban J connectivity index is 1.42. The summed E-state index contributed by atoms with van der Waals surface area (Å²) in [5.74, 6) is 1.37. The normalized spacial score (nSPS) is 37.1. The standard InChI is InChI=1S/C18H15NO4/c20-16-14-10-2-3-11(18(10)5-6-18)15(14)17(21)19(16)9-1-4-12-13(7-9)23-8-22-12/h1-4,7,10-11,14-15H,5-6,8H2/t10-,11-,14-,15+/m0/s1. The molecule has 0 unspecified atom stereocenters. The molecule has 0 radical (unpaired) electrons. The van der Waals surface area contributed by atoms with E-state index < -0.39 is 0 Å². The number of benzene rings is 1. The molecule has 0 aromatic heterocycles. The lowest BCUT2D eigenvalue weighted by Crippen LogP contribution is -2.34. The molecule has 2 aliphatic heterocycles. The van der Waals surface area contributed by atoms with Gasteiger partial charge in [-0.2, -0.15) is 0 Å². The third kappa shape index (κ3) is 1.23. The van der Waals surface area contributed by atoms with Crippen molar-refractivity contribution in [3.05, 3.63) is 30.4 Å². The second-order valence-corrected chi connectivity index (χ2v) is 7.27. The van der Waals surface area contributed by atoms with Crippen molar-refractivity contribution in [2.75, 3.05) is 11.7 Å². The Morgan fingerprint density at radius 2 is 1.61 bits per heavy atom. The zero-order chi connectivity index (χ0) is 15.3. The fourth-order valence-corrected chi connectivity index (χ4v) is 5.36. The van der Waals surface area contributed by atoms with Gasteiger partial charge in [0.25, 0.3) is 0 Å². The minimum Gasteiger partial charge on any atom is -0.454 e. The van der Waals surface area contributed by atoms with E-state index in [2.05, 4.69) is 12.2 Å². The first-order chi connectivity index (χ1) is 11.2. The summed E-state index contributed by atoms with van der Waals surface area (Å²) in [6.45, 7) is 0.183. The summed E-state index contributed by atoms with van der Waals surface area (Å²) in [5.41, 5.74) is 0.838. The molecule has 3 fully saturated rings. The number of rotatable bonds is 1. The van der Waals surface area contributed by atoms with E-state index in [4.69, 9.17) is 9.47 Å². The molecule has 2 amide bonds. The number of ether oxygens (including phenoxy) is 2. The van der Waals surface area contributed by atoms with Crippen molar-refractivity contribution >= 4 is 17.5 Å². The first-order valence-electron chi connectivity index (χ1n) is 8.16. The number of carbonyl (C=O) groups is 2. The number of nitrogens with zero attached hydrogens (tertiary/aromatic N) is 1. The maximum atomic E-state index is 13.0. The van der Waals surface area contributed by atoms with E-state index in [1.807, 2.05) is 0 Å². The zero-order valence-electron chi connectivity index (χ0n) is 12.4. The van der Waals surface area contributed by atoms with Gasteiger partial charge in [0, 0.05) is 6.07 Å². The number of hydrogen-bond acceptors (Lipinski definition) is 4. The van der Waals surface area contributed by atoms with Gasteiger partial charge in [-0.1, -0.05) is 12.2 Å². The molecule has 5 heteroatoms. The summed E-state index contributed by atoms with van der Waals surface area (Å²) in [6.07, 6.45) is 6.69. The molecule has 2 heterocycles. The molecular formula is C18H15NO4. The van der Waals surface area contributed by atoms with Gasteiger partial charge in [0.15, 0.2) is 11.5 Å². The number of carbonyl (C=O) groups excluding carboxylic acids is 2. The topological polar surface area (TPSA) is 55.8 Å². The molecule has 0 N–H and O–H groups in total. The van der Waals surface area contributed by atoms with Crippen LogP contribution in [0.25, 0.3) is 0 Å². The van der Waals surface area contributed by atoms with Crippen LogP contribution >= 0.6 is 0 Å². The van der Waals surface area contributed by atoms with Gasteiger partial charge < -0.3 is 9.47 Å². The molecular weight excluding hydrogens is 294 g/mol. The Morgan fingerprint density at radius 1 is 0.957 bits per heavy atom. The van der Waals surface area contributed by atoms with Crippen molar-refractivity contribution in [2.24, 2.45) is 29.1 Å². The van der Waals surface area contributed by atoms with Crippen LogP contribution in [0, 0.1) is 29.1 Å². The molecule has 5 aliphatic rings. The van der Waals surface area contributed by atoms with Gasteiger partial charge in [0.05, 0.1) is 17.5 Å². The highest BCUT2D eigenvalue weighted by atomic mass is 16.7. The lowest BCUT2D eigenvalue weighted by Gasteiger charge is -2.21. The maximum Gasteiger partial charge on any atom is 0.238 e. The highest BCUT2D eigenvalue weighted by molar-refractivity contribution is 6.23. The lowest BCUT2D eigenvalue weighted by molar-refractivity contribution is -0.123. The van der Waals surface area contributed by atoms with Crippen molar-refractivity contribution in [3.8, 4) is 11.5 Å². The zero-order valence-corrected chi connectivity index (χ0v) is 12.4. The predicted molar refractivity (Wildman–Crippen MR) is 79.8 cm³/mol. The average molecular weight is 309 g/mol. The van der Waals surface area contributed by atoms with E-state index in [0.29, 0.717) is 17.2 Å². The molecule has 6 rings (SSSR count). The van der Waals surface area contributed by atoms with E-state index in [-0.39, 0.29) is 47.7 Å². The van der Waals surface area contributed by atoms with Gasteiger partial charge in [-0.05, 0) is 42.2 Å². The molecule has 1 spiro atoms. The summed E-state index contributed by atoms with van der Waals surface area (Å²) in [4.78, 5) is 27.4. The largest absolute Gasteiger partial charge is 0.454 e. The Bertz CT molecular complexity index is 775. The number of amides is 2. The van der Waals surface area contributed by atoms with E-state index in [1.165, 1.54) is 4.90 Å². The minimum absolute atomic E-state index is 0.0398. The highest BCUT2D eigenvalue weighted by Crippen LogP contribution is 2.73. The van der Waals surface area contributed by atoms with E-state index >= 15 is 0 Å². The van der Waals surface area contributed by atoms with Crippen molar-refractivity contribution < 1.29 is 19.1 Å². The van der Waals surface area contributed by atoms with Crippen molar-refractivity contribution in [1.82, 2.24) is 0 Å². The van der Waals surface area contributed by atoms with Crippen molar-refractivity contribution in [3.63, 3.8) is 0 Å². The molecule has 1 saturated heterocycles. The Hall–Kier alpha value is -2.30. The number of hydrogen-bond donors (Lipinski definition) is 0. The fourth-order valence-electron chi connectivity index (χ4n) is 5.36. The van der Waals surface area contributed by atoms with E-state index in [9.17, 15) is 9.59 Å². The second kappa shape index (κ2) is 3.61. The van der Waals surface area contributed by atoms with Gasteiger partial charge in [0.1, 0.15) is 0 Å². The number of allylic oxidation sites excluding steroid dienone is 2. The van der Waals surface area contributed by atoms with Crippen LogP contribution in [0.2, 0.25) is 0 Å². The summed E-state index contributed by atoms with van der Waals surface area (Å²) < 4.78 is 10.7. The highest BCUT2D eigenvalue weighted by Gasteiger charge is 2.73.